The quantitative estimate of drug-likeness (QED) is 0.515. The van der Waals surface area contributed by atoms with Gasteiger partial charge in [-0.25, -0.2) is 0 Å². The summed E-state index contributed by atoms with van der Waals surface area (Å²) < 4.78 is 6.33. The SMILES string of the molecule is C=CC(=O)N1CCN(c2nc(OC[C@@H]3CCCN3C)nc3c2CCC2(CCCc4ccccc42)C3)C[C@@H]1CC#N. The first-order chi connectivity index (χ1) is 19.5. The van der Waals surface area contributed by atoms with Crippen LogP contribution in [0, 0.1) is 11.3 Å². The summed E-state index contributed by atoms with van der Waals surface area (Å²) in [6.07, 6.45) is 10.4. The second kappa shape index (κ2) is 11.2. The summed E-state index contributed by atoms with van der Waals surface area (Å²) in [6.45, 7) is 7.11. The maximum absolute atomic E-state index is 12.5. The molecule has 2 aromatic rings. The fraction of sp³-hybridized carbons (Fsp3) is 0.562. The van der Waals surface area contributed by atoms with Gasteiger partial charge in [0.25, 0.3) is 0 Å². The lowest BCUT2D eigenvalue weighted by molar-refractivity contribution is -0.128. The van der Waals surface area contributed by atoms with Crippen LogP contribution < -0.4 is 9.64 Å². The molecule has 8 heteroatoms. The van der Waals surface area contributed by atoms with Gasteiger partial charge < -0.3 is 19.4 Å². The Morgan fingerprint density at radius 3 is 2.85 bits per heavy atom. The number of aromatic nitrogens is 2. The van der Waals surface area contributed by atoms with Crippen LogP contribution in [0.25, 0.3) is 0 Å². The number of hydrogen-bond donors (Lipinski definition) is 0. The number of nitriles is 1. The highest BCUT2D eigenvalue weighted by atomic mass is 16.5. The van der Waals surface area contributed by atoms with Crippen molar-refractivity contribution in [2.24, 2.45) is 0 Å². The van der Waals surface area contributed by atoms with E-state index in [4.69, 9.17) is 14.7 Å². The fourth-order valence-corrected chi connectivity index (χ4v) is 7.54. The van der Waals surface area contributed by atoms with Crippen LogP contribution in [0.4, 0.5) is 5.82 Å². The lowest BCUT2D eigenvalue weighted by atomic mass is 9.62. The van der Waals surface area contributed by atoms with Crippen molar-refractivity contribution in [1.82, 2.24) is 19.8 Å². The Morgan fingerprint density at radius 1 is 1.18 bits per heavy atom. The number of likely N-dealkylation sites (N-methyl/N-ethyl adjacent to an activating group) is 1. The molecule has 4 aliphatic rings. The fourth-order valence-electron chi connectivity index (χ4n) is 7.54. The maximum Gasteiger partial charge on any atom is 0.318 e. The van der Waals surface area contributed by atoms with Gasteiger partial charge in [-0.05, 0) is 82.2 Å². The molecule has 1 spiro atoms. The van der Waals surface area contributed by atoms with E-state index >= 15 is 0 Å². The molecule has 2 aliphatic carbocycles. The highest BCUT2D eigenvalue weighted by molar-refractivity contribution is 5.87. The Bertz CT molecular complexity index is 1320. The lowest BCUT2D eigenvalue weighted by Gasteiger charge is -2.44. The molecule has 1 aromatic heterocycles. The van der Waals surface area contributed by atoms with Crippen LogP contribution in [0.2, 0.25) is 0 Å². The van der Waals surface area contributed by atoms with E-state index in [1.807, 2.05) is 0 Å². The number of benzene rings is 1. The van der Waals surface area contributed by atoms with Gasteiger partial charge >= 0.3 is 6.01 Å². The van der Waals surface area contributed by atoms with Crippen molar-refractivity contribution >= 4 is 11.7 Å². The summed E-state index contributed by atoms with van der Waals surface area (Å²) in [7, 11) is 2.16. The molecule has 0 saturated carbocycles. The number of aryl methyl sites for hydroxylation is 1. The molecule has 6 rings (SSSR count). The number of fused-ring (bicyclic) bond motifs is 3. The number of carbonyl (C=O) groups excluding carboxylic acids is 1. The minimum absolute atomic E-state index is 0.106. The summed E-state index contributed by atoms with van der Waals surface area (Å²) in [6, 6.07) is 11.9. The van der Waals surface area contributed by atoms with Gasteiger partial charge in [-0.15, -0.1) is 0 Å². The van der Waals surface area contributed by atoms with Gasteiger partial charge in [-0.1, -0.05) is 30.8 Å². The number of amides is 1. The average molecular weight is 541 g/mol. The van der Waals surface area contributed by atoms with Gasteiger partial charge in [-0.2, -0.15) is 15.2 Å². The molecular weight excluding hydrogens is 500 g/mol. The van der Waals surface area contributed by atoms with Gasteiger partial charge in [0.05, 0.1) is 24.2 Å². The van der Waals surface area contributed by atoms with Gasteiger partial charge in [0, 0.05) is 36.7 Å². The minimum atomic E-state index is -0.202. The molecule has 2 fully saturated rings. The molecule has 40 heavy (non-hydrogen) atoms. The van der Waals surface area contributed by atoms with Crippen LogP contribution in [-0.4, -0.2) is 77.6 Å². The lowest BCUT2D eigenvalue weighted by Crippen LogP contribution is -2.55. The van der Waals surface area contributed by atoms with Gasteiger partial charge in [0.2, 0.25) is 5.91 Å². The zero-order chi connectivity index (χ0) is 27.7. The Balaban J connectivity index is 1.34. The minimum Gasteiger partial charge on any atom is -0.462 e. The molecule has 0 bridgehead atoms. The average Bonchev–Trinajstić information content (AvgIpc) is 3.40. The normalized spacial score (nSPS) is 26.2. The number of nitrogens with zero attached hydrogens (tertiary/aromatic N) is 6. The van der Waals surface area contributed by atoms with Crippen LogP contribution in [0.1, 0.15) is 60.9 Å². The molecule has 210 valence electrons. The third kappa shape index (κ3) is 4.96. The number of carbonyl (C=O) groups is 1. The monoisotopic (exact) mass is 540 g/mol. The molecular formula is C32H40N6O2. The van der Waals surface area contributed by atoms with E-state index in [0.29, 0.717) is 38.3 Å². The first-order valence-corrected chi connectivity index (χ1v) is 14.9. The molecule has 2 aliphatic heterocycles. The number of anilines is 1. The van der Waals surface area contributed by atoms with E-state index in [1.54, 1.807) is 4.90 Å². The molecule has 1 amide bonds. The van der Waals surface area contributed by atoms with Crippen LogP contribution >= 0.6 is 0 Å². The molecule has 1 unspecified atom stereocenters. The van der Waals surface area contributed by atoms with Crippen LogP contribution in [0.15, 0.2) is 36.9 Å². The van der Waals surface area contributed by atoms with Crippen molar-refractivity contribution in [1.29, 1.82) is 5.26 Å². The van der Waals surface area contributed by atoms with Crippen LogP contribution in [0.5, 0.6) is 6.01 Å². The van der Waals surface area contributed by atoms with E-state index in [2.05, 4.69) is 53.8 Å². The molecule has 3 atom stereocenters. The van der Waals surface area contributed by atoms with Crippen molar-refractivity contribution in [3.05, 3.63) is 59.3 Å². The Kier molecular flexibility index (Phi) is 7.50. The molecule has 8 nitrogen and oxygen atoms in total. The highest BCUT2D eigenvalue weighted by Gasteiger charge is 2.42. The topological polar surface area (TPSA) is 85.6 Å². The Labute approximate surface area is 237 Å². The number of piperazine rings is 1. The molecule has 1 aromatic carbocycles. The predicted molar refractivity (Wildman–Crippen MR) is 154 cm³/mol. The largest absolute Gasteiger partial charge is 0.462 e. The van der Waals surface area contributed by atoms with Crippen LogP contribution in [0.3, 0.4) is 0 Å². The maximum atomic E-state index is 12.5. The van der Waals surface area contributed by atoms with E-state index in [1.165, 1.54) is 42.0 Å². The van der Waals surface area contributed by atoms with Crippen LogP contribution in [-0.2, 0) is 29.5 Å². The summed E-state index contributed by atoms with van der Waals surface area (Å²) in [5, 5.41) is 9.52. The number of ether oxygens (including phenoxy) is 1. The van der Waals surface area contributed by atoms with E-state index in [0.717, 1.165) is 50.2 Å². The van der Waals surface area contributed by atoms with Crippen molar-refractivity contribution in [3.63, 3.8) is 0 Å². The zero-order valence-electron chi connectivity index (χ0n) is 23.6. The molecule has 0 N–H and O–H groups in total. The second-order valence-corrected chi connectivity index (χ2v) is 12.0. The molecule has 0 radical (unpaired) electrons. The highest BCUT2D eigenvalue weighted by Crippen LogP contribution is 2.47. The van der Waals surface area contributed by atoms with E-state index in [-0.39, 0.29) is 23.8 Å². The number of hydrogen-bond acceptors (Lipinski definition) is 7. The standard InChI is InChI=1S/C32H40N6O2/c1-3-29(39)38-19-18-37(21-24(38)13-16-33)30-26-12-15-32(14-6-9-23-8-4-5-11-27(23)32)20-28(26)34-31(35-30)40-22-25-10-7-17-36(25)2/h3-5,8,11,24-25H,1,6-7,9-10,12-15,17-22H2,2H3/t24-,25-,32?/m0/s1. The summed E-state index contributed by atoms with van der Waals surface area (Å²) in [5.41, 5.74) is 5.39. The first kappa shape index (κ1) is 26.8. The molecule has 3 heterocycles. The van der Waals surface area contributed by atoms with E-state index in [9.17, 15) is 10.1 Å². The van der Waals surface area contributed by atoms with Gasteiger partial charge in [-0.3, -0.25) is 4.79 Å². The Hall–Kier alpha value is -3.44. The van der Waals surface area contributed by atoms with Crippen molar-refractivity contribution in [3.8, 4) is 12.1 Å². The zero-order valence-corrected chi connectivity index (χ0v) is 23.6. The van der Waals surface area contributed by atoms with Gasteiger partial charge in [0.15, 0.2) is 0 Å². The van der Waals surface area contributed by atoms with Crippen molar-refractivity contribution in [2.45, 2.75) is 75.3 Å². The predicted octanol–water partition coefficient (Wildman–Crippen LogP) is 3.83. The van der Waals surface area contributed by atoms with Crippen molar-refractivity contribution in [2.75, 3.05) is 44.7 Å². The summed E-state index contributed by atoms with van der Waals surface area (Å²) in [4.78, 5) is 29.0. The van der Waals surface area contributed by atoms with Gasteiger partial charge in [0.1, 0.15) is 12.4 Å². The van der Waals surface area contributed by atoms with Crippen molar-refractivity contribution < 1.29 is 9.53 Å². The summed E-state index contributed by atoms with van der Waals surface area (Å²) >= 11 is 0. The second-order valence-electron chi connectivity index (χ2n) is 12.0. The van der Waals surface area contributed by atoms with E-state index < -0.39 is 0 Å². The third-order valence-electron chi connectivity index (χ3n) is 9.74. The first-order valence-electron chi connectivity index (χ1n) is 14.9. The molecule has 2 saturated heterocycles. The smallest absolute Gasteiger partial charge is 0.318 e. The summed E-state index contributed by atoms with van der Waals surface area (Å²) in [5.74, 6) is 0.805. The number of rotatable bonds is 6. The number of likely N-dealkylation sites (tertiary alicyclic amines) is 1. The Morgan fingerprint density at radius 2 is 2.05 bits per heavy atom. The third-order valence-corrected chi connectivity index (χ3v) is 9.74.